The molecule has 0 N–H and O–H groups in total. The zero-order valence-corrected chi connectivity index (χ0v) is 8.68. The van der Waals surface area contributed by atoms with Crippen LogP contribution in [0.2, 0.25) is 0 Å². The molecule has 0 amide bonds. The van der Waals surface area contributed by atoms with Gasteiger partial charge in [0.25, 0.3) is 0 Å². The van der Waals surface area contributed by atoms with Gasteiger partial charge in [0.15, 0.2) is 0 Å². The fourth-order valence-electron chi connectivity index (χ4n) is 1.25. The Bertz CT molecular complexity index is 490. The van der Waals surface area contributed by atoms with Crippen molar-refractivity contribution in [3.8, 4) is 0 Å². The Balaban J connectivity index is 2.55. The minimum Gasteiger partial charge on any atom is -0.265 e. The van der Waals surface area contributed by atoms with Crippen molar-refractivity contribution in [1.82, 2.24) is 4.98 Å². The molecule has 1 heterocycles. The van der Waals surface area contributed by atoms with Gasteiger partial charge in [-0.25, -0.2) is 8.42 Å². The molecule has 2 rings (SSSR count). The number of pyridine rings is 1. The molecule has 0 radical (unpaired) electrons. The Morgan fingerprint density at radius 1 is 0.800 bits per heavy atom. The SMILES string of the molecule is O=S(=O)(c1ccccc1)c1ccncc1. The normalized spacial score (nSPS) is 11.2. The predicted octanol–water partition coefficient (Wildman–Crippen LogP) is 1.91. The minimum atomic E-state index is -3.38. The van der Waals surface area contributed by atoms with Crippen molar-refractivity contribution in [2.75, 3.05) is 0 Å². The first-order valence-electron chi connectivity index (χ1n) is 4.41. The van der Waals surface area contributed by atoms with Crippen molar-refractivity contribution in [2.24, 2.45) is 0 Å². The number of rotatable bonds is 2. The molecule has 0 spiro atoms. The van der Waals surface area contributed by atoms with Crippen molar-refractivity contribution in [3.63, 3.8) is 0 Å². The molecule has 0 fully saturated rings. The van der Waals surface area contributed by atoms with Crippen LogP contribution < -0.4 is 0 Å². The maximum absolute atomic E-state index is 12.0. The fourth-order valence-corrected chi connectivity index (χ4v) is 2.52. The molecule has 0 aliphatic heterocycles. The van der Waals surface area contributed by atoms with E-state index in [4.69, 9.17) is 0 Å². The van der Waals surface area contributed by atoms with E-state index < -0.39 is 9.84 Å². The van der Waals surface area contributed by atoms with Gasteiger partial charge in [-0.05, 0) is 24.3 Å². The molecule has 1 aromatic carbocycles. The summed E-state index contributed by atoms with van der Waals surface area (Å²) in [6.07, 6.45) is 2.94. The van der Waals surface area contributed by atoms with E-state index in [2.05, 4.69) is 4.98 Å². The van der Waals surface area contributed by atoms with Gasteiger partial charge < -0.3 is 0 Å². The van der Waals surface area contributed by atoms with Crippen LogP contribution in [-0.2, 0) is 9.84 Å². The summed E-state index contributed by atoms with van der Waals surface area (Å²) in [6, 6.07) is 11.3. The number of hydrogen-bond acceptors (Lipinski definition) is 3. The monoisotopic (exact) mass is 219 g/mol. The Hall–Kier alpha value is -1.68. The molecule has 0 unspecified atom stereocenters. The third-order valence-electron chi connectivity index (χ3n) is 2.01. The van der Waals surface area contributed by atoms with Gasteiger partial charge in [0, 0.05) is 12.4 Å². The third-order valence-corrected chi connectivity index (χ3v) is 3.80. The average molecular weight is 219 g/mol. The van der Waals surface area contributed by atoms with Gasteiger partial charge in [-0.15, -0.1) is 0 Å². The highest BCUT2D eigenvalue weighted by molar-refractivity contribution is 7.91. The van der Waals surface area contributed by atoms with Crippen LogP contribution in [0.4, 0.5) is 0 Å². The lowest BCUT2D eigenvalue weighted by Crippen LogP contribution is -2.01. The maximum atomic E-state index is 12.0. The van der Waals surface area contributed by atoms with Gasteiger partial charge in [-0.3, -0.25) is 4.98 Å². The van der Waals surface area contributed by atoms with Gasteiger partial charge >= 0.3 is 0 Å². The van der Waals surface area contributed by atoms with Crippen molar-refractivity contribution in [3.05, 3.63) is 54.9 Å². The predicted molar refractivity (Wildman–Crippen MR) is 56.1 cm³/mol. The van der Waals surface area contributed by atoms with Gasteiger partial charge in [-0.1, -0.05) is 18.2 Å². The molecule has 0 saturated heterocycles. The third kappa shape index (κ3) is 1.89. The van der Waals surface area contributed by atoms with E-state index in [-0.39, 0.29) is 4.90 Å². The standard InChI is InChI=1S/C11H9NO2S/c13-15(14,10-4-2-1-3-5-10)11-6-8-12-9-7-11/h1-9H. The smallest absolute Gasteiger partial charge is 0.206 e. The van der Waals surface area contributed by atoms with Crippen LogP contribution in [0.25, 0.3) is 0 Å². The summed E-state index contributed by atoms with van der Waals surface area (Å²) in [5.74, 6) is 0. The molecule has 4 heteroatoms. The molecular formula is C11H9NO2S. The second-order valence-electron chi connectivity index (χ2n) is 3.00. The highest BCUT2D eigenvalue weighted by Gasteiger charge is 2.15. The molecule has 0 aliphatic rings. The average Bonchev–Trinajstić information content (AvgIpc) is 2.31. The summed E-state index contributed by atoms with van der Waals surface area (Å²) in [5.41, 5.74) is 0. The van der Waals surface area contributed by atoms with Crippen LogP contribution in [0, 0.1) is 0 Å². The lowest BCUT2D eigenvalue weighted by atomic mass is 10.4. The zero-order valence-electron chi connectivity index (χ0n) is 7.87. The van der Waals surface area contributed by atoms with E-state index >= 15 is 0 Å². The minimum absolute atomic E-state index is 0.267. The highest BCUT2D eigenvalue weighted by atomic mass is 32.2. The molecule has 15 heavy (non-hydrogen) atoms. The number of benzene rings is 1. The fraction of sp³-hybridized carbons (Fsp3) is 0. The van der Waals surface area contributed by atoms with E-state index in [0.717, 1.165) is 0 Å². The van der Waals surface area contributed by atoms with Crippen LogP contribution in [0.1, 0.15) is 0 Å². The van der Waals surface area contributed by atoms with Gasteiger partial charge in [0.2, 0.25) is 9.84 Å². The number of hydrogen-bond donors (Lipinski definition) is 0. The molecule has 0 bridgehead atoms. The Kier molecular flexibility index (Phi) is 2.51. The Morgan fingerprint density at radius 2 is 1.33 bits per heavy atom. The first-order chi connectivity index (χ1) is 7.21. The van der Waals surface area contributed by atoms with Crippen molar-refractivity contribution < 1.29 is 8.42 Å². The van der Waals surface area contributed by atoms with E-state index in [1.54, 1.807) is 30.3 Å². The second kappa shape index (κ2) is 3.82. The quantitative estimate of drug-likeness (QED) is 0.775. The molecule has 2 aromatic rings. The number of aromatic nitrogens is 1. The van der Waals surface area contributed by atoms with Gasteiger partial charge in [-0.2, -0.15) is 0 Å². The lowest BCUT2D eigenvalue weighted by Gasteiger charge is -2.02. The van der Waals surface area contributed by atoms with Crippen molar-refractivity contribution >= 4 is 9.84 Å². The van der Waals surface area contributed by atoms with Gasteiger partial charge in [0.05, 0.1) is 9.79 Å². The molecule has 3 nitrogen and oxygen atoms in total. The second-order valence-corrected chi connectivity index (χ2v) is 4.95. The number of sulfone groups is 1. The first-order valence-corrected chi connectivity index (χ1v) is 5.90. The zero-order chi connectivity index (χ0) is 10.7. The largest absolute Gasteiger partial charge is 0.265 e. The van der Waals surface area contributed by atoms with Gasteiger partial charge in [0.1, 0.15) is 0 Å². The summed E-state index contributed by atoms with van der Waals surface area (Å²) < 4.78 is 24.0. The van der Waals surface area contributed by atoms with Crippen LogP contribution in [0.15, 0.2) is 64.6 Å². The number of nitrogens with zero attached hydrogens (tertiary/aromatic N) is 1. The van der Waals surface area contributed by atoms with Crippen molar-refractivity contribution in [2.45, 2.75) is 9.79 Å². The summed E-state index contributed by atoms with van der Waals surface area (Å²) in [4.78, 5) is 4.36. The first kappa shape index (κ1) is 9.86. The van der Waals surface area contributed by atoms with Crippen LogP contribution in [0.3, 0.4) is 0 Å². The summed E-state index contributed by atoms with van der Waals surface area (Å²) in [7, 11) is -3.38. The highest BCUT2D eigenvalue weighted by Crippen LogP contribution is 2.18. The molecule has 76 valence electrons. The van der Waals surface area contributed by atoms with E-state index in [1.807, 2.05) is 0 Å². The van der Waals surface area contributed by atoms with Crippen LogP contribution in [0.5, 0.6) is 0 Å². The Labute approximate surface area is 88.3 Å². The van der Waals surface area contributed by atoms with Crippen LogP contribution in [-0.4, -0.2) is 13.4 Å². The Morgan fingerprint density at radius 3 is 1.93 bits per heavy atom. The van der Waals surface area contributed by atoms with E-state index in [1.165, 1.54) is 24.5 Å². The molecular weight excluding hydrogens is 210 g/mol. The summed E-state index contributed by atoms with van der Waals surface area (Å²) >= 11 is 0. The maximum Gasteiger partial charge on any atom is 0.206 e. The molecule has 1 aromatic heterocycles. The summed E-state index contributed by atoms with van der Waals surface area (Å²) in [6.45, 7) is 0. The van der Waals surface area contributed by atoms with E-state index in [9.17, 15) is 8.42 Å². The van der Waals surface area contributed by atoms with Crippen molar-refractivity contribution in [1.29, 1.82) is 0 Å². The van der Waals surface area contributed by atoms with Crippen LogP contribution >= 0.6 is 0 Å². The van der Waals surface area contributed by atoms with E-state index in [0.29, 0.717) is 4.90 Å². The topological polar surface area (TPSA) is 47.0 Å². The molecule has 0 saturated carbocycles. The lowest BCUT2D eigenvalue weighted by molar-refractivity contribution is 0.596. The summed E-state index contributed by atoms with van der Waals surface area (Å²) in [5, 5.41) is 0. The molecule has 0 atom stereocenters. The molecule has 0 aliphatic carbocycles.